The SMILES string of the molecule is CCCC1(CCC)Oc2ccc(C3CCC(CCc4ccc(OCC)cc4)N3CO)cc2S1. The first-order valence-corrected chi connectivity index (χ1v) is 13.5. The van der Waals surface area contributed by atoms with Gasteiger partial charge in [0.25, 0.3) is 0 Å². The van der Waals surface area contributed by atoms with Crippen LogP contribution in [0.2, 0.25) is 0 Å². The van der Waals surface area contributed by atoms with Crippen LogP contribution >= 0.6 is 11.8 Å². The van der Waals surface area contributed by atoms with Crippen LogP contribution in [0.5, 0.6) is 11.5 Å². The molecule has 0 aromatic heterocycles. The maximum absolute atomic E-state index is 10.3. The molecule has 0 aliphatic carbocycles. The number of hydrogen-bond donors (Lipinski definition) is 1. The maximum Gasteiger partial charge on any atom is 0.159 e. The highest BCUT2D eigenvalue weighted by molar-refractivity contribution is 8.00. The zero-order chi connectivity index (χ0) is 23.3. The highest BCUT2D eigenvalue weighted by Gasteiger charge is 2.40. The van der Waals surface area contributed by atoms with E-state index in [0.717, 1.165) is 62.9 Å². The number of aliphatic hydroxyl groups is 1. The summed E-state index contributed by atoms with van der Waals surface area (Å²) in [6.45, 7) is 7.28. The minimum atomic E-state index is -0.100. The van der Waals surface area contributed by atoms with Crippen LogP contribution in [0.4, 0.5) is 0 Å². The first kappa shape index (κ1) is 24.4. The van der Waals surface area contributed by atoms with Gasteiger partial charge in [-0.15, -0.1) is 0 Å². The molecule has 1 N–H and O–H groups in total. The molecule has 4 rings (SSSR count). The Bertz CT molecular complexity index is 895. The normalized spacial score (nSPS) is 21.7. The third-order valence-corrected chi connectivity index (χ3v) is 8.42. The fourth-order valence-corrected chi connectivity index (χ4v) is 7.03. The number of fused-ring (bicyclic) bond motifs is 1. The van der Waals surface area contributed by atoms with Crippen molar-refractivity contribution in [1.82, 2.24) is 4.90 Å². The molecule has 5 heteroatoms. The van der Waals surface area contributed by atoms with Gasteiger partial charge >= 0.3 is 0 Å². The summed E-state index contributed by atoms with van der Waals surface area (Å²) in [5.74, 6) is 1.96. The number of benzene rings is 2. The molecule has 4 nitrogen and oxygen atoms in total. The van der Waals surface area contributed by atoms with Crippen molar-refractivity contribution in [2.75, 3.05) is 13.3 Å². The van der Waals surface area contributed by atoms with Crippen molar-refractivity contribution < 1.29 is 14.6 Å². The number of aryl methyl sites for hydroxylation is 1. The van der Waals surface area contributed by atoms with Gasteiger partial charge < -0.3 is 14.6 Å². The maximum atomic E-state index is 10.3. The van der Waals surface area contributed by atoms with Crippen LogP contribution in [0.3, 0.4) is 0 Å². The van der Waals surface area contributed by atoms with Crippen molar-refractivity contribution in [1.29, 1.82) is 0 Å². The third-order valence-electron chi connectivity index (χ3n) is 7.01. The summed E-state index contributed by atoms with van der Waals surface area (Å²) in [5.41, 5.74) is 2.64. The molecule has 2 aliphatic rings. The number of ether oxygens (including phenoxy) is 2. The van der Waals surface area contributed by atoms with Gasteiger partial charge in [-0.2, -0.15) is 0 Å². The van der Waals surface area contributed by atoms with Crippen LogP contribution in [0.1, 0.15) is 82.9 Å². The van der Waals surface area contributed by atoms with Crippen molar-refractivity contribution in [2.45, 2.75) is 94.1 Å². The van der Waals surface area contributed by atoms with Gasteiger partial charge in [-0.05, 0) is 80.8 Å². The lowest BCUT2D eigenvalue weighted by Crippen LogP contribution is -2.32. The minimum absolute atomic E-state index is 0.100. The first-order valence-electron chi connectivity index (χ1n) is 12.7. The Morgan fingerprint density at radius 2 is 1.82 bits per heavy atom. The van der Waals surface area contributed by atoms with Crippen molar-refractivity contribution in [3.63, 3.8) is 0 Å². The molecule has 2 aromatic rings. The Kier molecular flexibility index (Phi) is 8.26. The number of thioether (sulfide) groups is 1. The van der Waals surface area contributed by atoms with Gasteiger partial charge in [0.05, 0.1) is 18.2 Å². The van der Waals surface area contributed by atoms with E-state index >= 15 is 0 Å². The number of nitrogens with zero attached hydrogens (tertiary/aromatic N) is 1. The predicted molar refractivity (Wildman–Crippen MR) is 136 cm³/mol. The van der Waals surface area contributed by atoms with Gasteiger partial charge in [-0.25, -0.2) is 0 Å². The number of aliphatic hydroxyl groups excluding tert-OH is 1. The third kappa shape index (κ3) is 5.52. The van der Waals surface area contributed by atoms with E-state index in [1.165, 1.54) is 16.0 Å². The zero-order valence-electron chi connectivity index (χ0n) is 20.4. The predicted octanol–water partition coefficient (Wildman–Crippen LogP) is 6.95. The molecule has 0 spiro atoms. The number of likely N-dealkylation sites (tertiary alicyclic amines) is 1. The topological polar surface area (TPSA) is 41.9 Å². The van der Waals surface area contributed by atoms with Crippen molar-refractivity contribution in [2.24, 2.45) is 0 Å². The van der Waals surface area contributed by atoms with Gasteiger partial charge in [0.15, 0.2) is 4.93 Å². The van der Waals surface area contributed by atoms with Gasteiger partial charge in [0.1, 0.15) is 11.5 Å². The average molecular weight is 470 g/mol. The van der Waals surface area contributed by atoms with E-state index in [1.807, 2.05) is 18.7 Å². The largest absolute Gasteiger partial charge is 0.494 e. The van der Waals surface area contributed by atoms with Crippen LogP contribution in [0.15, 0.2) is 47.4 Å². The van der Waals surface area contributed by atoms with Crippen molar-refractivity contribution in [3.8, 4) is 11.5 Å². The fourth-order valence-electron chi connectivity index (χ4n) is 5.48. The highest BCUT2D eigenvalue weighted by Crippen LogP contribution is 2.53. The van der Waals surface area contributed by atoms with Crippen LogP contribution < -0.4 is 9.47 Å². The Hall–Kier alpha value is -1.69. The monoisotopic (exact) mass is 469 g/mol. The van der Waals surface area contributed by atoms with Crippen LogP contribution in [0.25, 0.3) is 0 Å². The van der Waals surface area contributed by atoms with Gasteiger partial charge in [0.2, 0.25) is 0 Å². The van der Waals surface area contributed by atoms with E-state index in [2.05, 4.69) is 61.2 Å². The molecule has 1 saturated heterocycles. The Labute approximate surface area is 203 Å². The Morgan fingerprint density at radius 1 is 1.06 bits per heavy atom. The van der Waals surface area contributed by atoms with Crippen molar-refractivity contribution >= 4 is 11.8 Å². The molecule has 33 heavy (non-hydrogen) atoms. The Balaban J connectivity index is 1.41. The van der Waals surface area contributed by atoms with E-state index < -0.39 is 0 Å². The highest BCUT2D eigenvalue weighted by atomic mass is 32.2. The molecular formula is C28H39NO3S. The van der Waals surface area contributed by atoms with E-state index in [9.17, 15) is 5.11 Å². The van der Waals surface area contributed by atoms with E-state index in [4.69, 9.17) is 9.47 Å². The second kappa shape index (κ2) is 11.2. The smallest absolute Gasteiger partial charge is 0.159 e. The van der Waals surface area contributed by atoms with Gasteiger partial charge in [-0.1, -0.05) is 56.7 Å². The average Bonchev–Trinajstić information content (AvgIpc) is 3.39. The molecule has 0 amide bonds. The van der Waals surface area contributed by atoms with Gasteiger partial charge in [0, 0.05) is 12.1 Å². The molecule has 2 aliphatic heterocycles. The van der Waals surface area contributed by atoms with E-state index in [-0.39, 0.29) is 17.7 Å². The zero-order valence-corrected chi connectivity index (χ0v) is 21.2. The minimum Gasteiger partial charge on any atom is -0.494 e. The number of hydrogen-bond acceptors (Lipinski definition) is 5. The van der Waals surface area contributed by atoms with Gasteiger partial charge in [-0.3, -0.25) is 4.90 Å². The quantitative estimate of drug-likeness (QED) is 0.385. The summed E-state index contributed by atoms with van der Waals surface area (Å²) in [5, 5.41) is 10.3. The summed E-state index contributed by atoms with van der Waals surface area (Å²) >= 11 is 1.91. The molecule has 2 aromatic carbocycles. The molecule has 2 unspecified atom stereocenters. The molecule has 2 atom stereocenters. The summed E-state index contributed by atoms with van der Waals surface area (Å²) in [6.07, 6.45) is 8.71. The van der Waals surface area contributed by atoms with E-state index in [0.29, 0.717) is 12.6 Å². The molecule has 2 heterocycles. The molecule has 180 valence electrons. The van der Waals surface area contributed by atoms with Crippen molar-refractivity contribution in [3.05, 3.63) is 53.6 Å². The molecule has 0 radical (unpaired) electrons. The lowest BCUT2D eigenvalue weighted by Gasteiger charge is -2.28. The fraction of sp³-hybridized carbons (Fsp3) is 0.571. The van der Waals surface area contributed by atoms with Crippen LogP contribution in [0, 0.1) is 0 Å². The first-order chi connectivity index (χ1) is 16.1. The number of rotatable bonds is 11. The molecule has 1 fully saturated rings. The summed E-state index contributed by atoms with van der Waals surface area (Å²) < 4.78 is 12.0. The van der Waals surface area contributed by atoms with Crippen LogP contribution in [-0.2, 0) is 6.42 Å². The Morgan fingerprint density at radius 3 is 2.48 bits per heavy atom. The lowest BCUT2D eigenvalue weighted by molar-refractivity contribution is 0.0596. The molecule has 0 saturated carbocycles. The standard InChI is InChI=1S/C28H39NO3S/c1-4-17-28(18-5-2)32-26-16-10-22(19-27(26)33-28)25-15-12-23(29(25)20-30)11-7-21-8-13-24(14-9-21)31-6-3/h8-10,13-14,16,19,23,25,30H,4-7,11-12,15,17-18,20H2,1-3H3. The summed E-state index contributed by atoms with van der Waals surface area (Å²) in [7, 11) is 0. The molecular weight excluding hydrogens is 430 g/mol. The van der Waals surface area contributed by atoms with Crippen LogP contribution in [-0.4, -0.2) is 34.3 Å². The lowest BCUT2D eigenvalue weighted by atomic mass is 10.0. The summed E-state index contributed by atoms with van der Waals surface area (Å²) in [4.78, 5) is 3.46. The molecule has 0 bridgehead atoms. The second-order valence-corrected chi connectivity index (χ2v) is 10.7. The second-order valence-electron chi connectivity index (χ2n) is 9.34. The summed E-state index contributed by atoms with van der Waals surface area (Å²) in [6, 6.07) is 15.8. The van der Waals surface area contributed by atoms with E-state index in [1.54, 1.807) is 0 Å².